The normalized spacial score (nSPS) is 21.9. The number of hydrogen-bond donors (Lipinski definition) is 0. The van der Waals surface area contributed by atoms with Crippen molar-refractivity contribution in [1.82, 2.24) is 14.7 Å². The molecule has 0 aliphatic carbocycles. The summed E-state index contributed by atoms with van der Waals surface area (Å²) in [5.41, 5.74) is -1.62. The van der Waals surface area contributed by atoms with Crippen LogP contribution in [0.2, 0.25) is 10.0 Å². The van der Waals surface area contributed by atoms with Crippen LogP contribution in [-0.4, -0.2) is 86.3 Å². The molecule has 0 bridgehead atoms. The molecule has 0 N–H and O–H groups in total. The van der Waals surface area contributed by atoms with Crippen molar-refractivity contribution >= 4 is 44.9 Å². The van der Waals surface area contributed by atoms with Gasteiger partial charge in [0.05, 0.1) is 23.5 Å². The maximum atomic E-state index is 15.0. The third kappa shape index (κ3) is 7.57. The van der Waals surface area contributed by atoms with E-state index in [4.69, 9.17) is 32.9 Å². The zero-order valence-electron chi connectivity index (χ0n) is 27.7. The van der Waals surface area contributed by atoms with Gasteiger partial charge in [-0.15, -0.1) is 0 Å². The van der Waals surface area contributed by atoms with Gasteiger partial charge < -0.3 is 9.64 Å². The Bertz CT molecular complexity index is 1820. The van der Waals surface area contributed by atoms with E-state index in [0.717, 1.165) is 17.7 Å². The first-order valence-electron chi connectivity index (χ1n) is 15.9. The van der Waals surface area contributed by atoms with Gasteiger partial charge in [-0.05, 0) is 87.3 Å². The molecule has 2 atom stereocenters. The van der Waals surface area contributed by atoms with Gasteiger partial charge in [0, 0.05) is 42.5 Å². The summed E-state index contributed by atoms with van der Waals surface area (Å²) >= 11 is 12.6. The van der Waals surface area contributed by atoms with E-state index in [-0.39, 0.29) is 35.5 Å². The smallest absolute Gasteiger partial charge is 0.416 e. The molecule has 2 amide bonds. The number of halogens is 5. The summed E-state index contributed by atoms with van der Waals surface area (Å²) in [5, 5.41) is 0.998. The SMILES string of the molecule is CCOc1cc(C(F)(F)F)ccc1C1=N[C@@](C)(c2ccc(Cl)cc2)[C@@](C)(c2ccc(Cl)cc2)N1C(=O)N1CCN(CCCS(C)(=O)=O)CC1. The van der Waals surface area contributed by atoms with Gasteiger partial charge in [-0.25, -0.2) is 13.2 Å². The van der Waals surface area contributed by atoms with Crippen LogP contribution in [0.15, 0.2) is 71.7 Å². The van der Waals surface area contributed by atoms with Gasteiger partial charge in [-0.3, -0.25) is 14.8 Å². The molecule has 0 spiro atoms. The number of ether oxygens (including phenoxy) is 1. The number of sulfone groups is 1. The van der Waals surface area contributed by atoms with Crippen molar-refractivity contribution in [3.63, 3.8) is 0 Å². The van der Waals surface area contributed by atoms with E-state index in [9.17, 15) is 26.4 Å². The standard InChI is InChI=1S/C35H39Cl2F3N4O4S/c1-5-48-30-23-26(35(38,39)40)11-16-29(30)31-41-33(2,24-7-12-27(36)13-8-24)34(3,25-9-14-28(37)15-10-25)44(31)32(45)43-20-18-42(19-21-43)17-6-22-49(4,46)47/h7-16,23H,5-6,17-22H2,1-4H3/t33-,34+/m0/s1. The molecule has 14 heteroatoms. The predicted molar refractivity (Wildman–Crippen MR) is 186 cm³/mol. The Morgan fingerprint density at radius 3 is 2.02 bits per heavy atom. The molecule has 264 valence electrons. The number of rotatable bonds is 9. The lowest BCUT2D eigenvalue weighted by Crippen LogP contribution is -2.60. The lowest BCUT2D eigenvalue weighted by molar-refractivity contribution is -0.137. The van der Waals surface area contributed by atoms with Gasteiger partial charge in [0.2, 0.25) is 0 Å². The van der Waals surface area contributed by atoms with Crippen LogP contribution in [0, 0.1) is 0 Å². The summed E-state index contributed by atoms with van der Waals surface area (Å²) in [5.74, 6) is 0.189. The first kappa shape index (κ1) is 36.9. The van der Waals surface area contributed by atoms with E-state index in [1.54, 1.807) is 41.0 Å². The Labute approximate surface area is 295 Å². The van der Waals surface area contributed by atoms with E-state index < -0.39 is 32.7 Å². The van der Waals surface area contributed by atoms with Crippen molar-refractivity contribution in [2.45, 2.75) is 44.4 Å². The number of hydrogen-bond acceptors (Lipinski definition) is 6. The van der Waals surface area contributed by atoms with Crippen molar-refractivity contribution < 1.29 is 31.1 Å². The van der Waals surface area contributed by atoms with E-state index in [0.29, 0.717) is 54.8 Å². The molecule has 2 aliphatic rings. The number of nitrogens with zero attached hydrogens (tertiary/aromatic N) is 4. The highest BCUT2D eigenvalue weighted by atomic mass is 35.5. The van der Waals surface area contributed by atoms with Crippen molar-refractivity contribution in [2.24, 2.45) is 4.99 Å². The second kappa shape index (κ2) is 14.1. The number of carbonyl (C=O) groups is 1. The van der Waals surface area contributed by atoms with Gasteiger partial charge in [0.25, 0.3) is 0 Å². The predicted octanol–water partition coefficient (Wildman–Crippen LogP) is 7.48. The lowest BCUT2D eigenvalue weighted by Gasteiger charge is -2.47. The molecule has 0 radical (unpaired) electrons. The summed E-state index contributed by atoms with van der Waals surface area (Å²) in [6, 6.07) is 17.1. The zero-order valence-corrected chi connectivity index (χ0v) is 30.1. The highest BCUT2D eigenvalue weighted by Crippen LogP contribution is 2.54. The highest BCUT2D eigenvalue weighted by molar-refractivity contribution is 7.90. The van der Waals surface area contributed by atoms with Crippen LogP contribution in [0.1, 0.15) is 49.4 Å². The van der Waals surface area contributed by atoms with Crippen LogP contribution in [0.3, 0.4) is 0 Å². The summed E-state index contributed by atoms with van der Waals surface area (Å²) in [7, 11) is -3.09. The second-order valence-corrected chi connectivity index (χ2v) is 15.8. The zero-order chi connectivity index (χ0) is 35.8. The average molecular weight is 740 g/mol. The molecule has 3 aromatic rings. The Kier molecular flexibility index (Phi) is 10.7. The number of carbonyl (C=O) groups excluding carboxylic acids is 1. The number of amidine groups is 1. The monoisotopic (exact) mass is 738 g/mol. The molecule has 1 saturated heterocycles. The lowest BCUT2D eigenvalue weighted by atomic mass is 9.71. The van der Waals surface area contributed by atoms with Crippen LogP contribution in [-0.2, 0) is 27.1 Å². The van der Waals surface area contributed by atoms with Gasteiger partial charge in [0.1, 0.15) is 32.5 Å². The quantitative estimate of drug-likeness (QED) is 0.228. The molecule has 1 fully saturated rings. The molecular weight excluding hydrogens is 700 g/mol. The second-order valence-electron chi connectivity index (χ2n) is 12.7. The van der Waals surface area contributed by atoms with Crippen LogP contribution < -0.4 is 4.74 Å². The molecular formula is C35H39Cl2F3N4O4S. The minimum Gasteiger partial charge on any atom is -0.493 e. The minimum atomic E-state index is -4.62. The number of amides is 2. The largest absolute Gasteiger partial charge is 0.493 e. The minimum absolute atomic E-state index is 0.0524. The molecule has 8 nitrogen and oxygen atoms in total. The first-order chi connectivity index (χ1) is 23.0. The number of aliphatic imine (C=N–C) groups is 1. The Balaban J connectivity index is 1.65. The van der Waals surface area contributed by atoms with Crippen molar-refractivity contribution in [3.05, 3.63) is 99.0 Å². The summed E-state index contributed by atoms with van der Waals surface area (Å²) in [6.45, 7) is 7.86. The highest BCUT2D eigenvalue weighted by Gasteiger charge is 2.60. The number of benzene rings is 3. The van der Waals surface area contributed by atoms with Crippen molar-refractivity contribution in [1.29, 1.82) is 0 Å². The van der Waals surface area contributed by atoms with Crippen LogP contribution in [0.5, 0.6) is 5.75 Å². The van der Waals surface area contributed by atoms with Crippen LogP contribution in [0.4, 0.5) is 18.0 Å². The molecule has 5 rings (SSSR count). The Hall–Kier alpha value is -3.32. The Morgan fingerprint density at radius 1 is 0.918 bits per heavy atom. The van der Waals surface area contributed by atoms with Crippen molar-refractivity contribution in [2.75, 3.05) is 51.3 Å². The van der Waals surface area contributed by atoms with Gasteiger partial charge in [0.15, 0.2) is 0 Å². The molecule has 0 aromatic heterocycles. The number of alkyl halides is 3. The fraction of sp³-hybridized carbons (Fsp3) is 0.429. The summed E-state index contributed by atoms with van der Waals surface area (Å²) < 4.78 is 70.7. The molecule has 3 aromatic carbocycles. The van der Waals surface area contributed by atoms with Gasteiger partial charge in [-0.2, -0.15) is 13.2 Å². The number of piperazine rings is 1. The molecule has 2 heterocycles. The van der Waals surface area contributed by atoms with E-state index in [2.05, 4.69) is 4.90 Å². The summed E-state index contributed by atoms with van der Waals surface area (Å²) in [6.07, 6.45) is -2.92. The third-order valence-electron chi connectivity index (χ3n) is 9.42. The maximum absolute atomic E-state index is 15.0. The third-order valence-corrected chi connectivity index (χ3v) is 11.0. The summed E-state index contributed by atoms with van der Waals surface area (Å²) in [4.78, 5) is 25.6. The molecule has 49 heavy (non-hydrogen) atoms. The van der Waals surface area contributed by atoms with E-state index in [1.807, 2.05) is 38.1 Å². The average Bonchev–Trinajstić information content (AvgIpc) is 3.28. The Morgan fingerprint density at radius 2 is 1.49 bits per heavy atom. The van der Waals surface area contributed by atoms with Crippen LogP contribution >= 0.6 is 23.2 Å². The fourth-order valence-corrected chi connectivity index (χ4v) is 7.49. The van der Waals surface area contributed by atoms with Crippen molar-refractivity contribution in [3.8, 4) is 5.75 Å². The molecule has 0 saturated carbocycles. The fourth-order valence-electron chi connectivity index (χ4n) is 6.58. The van der Waals surface area contributed by atoms with E-state index >= 15 is 0 Å². The topological polar surface area (TPSA) is 82.5 Å². The molecule has 2 aliphatic heterocycles. The first-order valence-corrected chi connectivity index (χ1v) is 18.7. The van der Waals surface area contributed by atoms with Gasteiger partial charge >= 0.3 is 12.2 Å². The number of urea groups is 1. The molecule has 0 unspecified atom stereocenters. The van der Waals surface area contributed by atoms with Crippen LogP contribution in [0.25, 0.3) is 0 Å². The van der Waals surface area contributed by atoms with Gasteiger partial charge in [-0.1, -0.05) is 47.5 Å². The maximum Gasteiger partial charge on any atom is 0.416 e. The van der Waals surface area contributed by atoms with E-state index in [1.165, 1.54) is 12.3 Å².